The van der Waals surface area contributed by atoms with Crippen molar-refractivity contribution in [1.82, 2.24) is 10.3 Å². The third kappa shape index (κ3) is 4.67. The summed E-state index contributed by atoms with van der Waals surface area (Å²) in [6.45, 7) is 5.55. The van der Waals surface area contributed by atoms with E-state index in [-0.39, 0.29) is 18.3 Å². The molecular weight excluding hydrogens is 376 g/mol. The van der Waals surface area contributed by atoms with E-state index in [0.29, 0.717) is 17.1 Å². The molecule has 0 aliphatic rings. The van der Waals surface area contributed by atoms with Crippen molar-refractivity contribution < 1.29 is 19.1 Å². The van der Waals surface area contributed by atoms with E-state index in [1.54, 1.807) is 18.2 Å². The highest BCUT2D eigenvalue weighted by Gasteiger charge is 2.21. The van der Waals surface area contributed by atoms with Crippen LogP contribution in [0.5, 0.6) is 0 Å². The van der Waals surface area contributed by atoms with Crippen LogP contribution in [-0.4, -0.2) is 29.3 Å². The van der Waals surface area contributed by atoms with E-state index in [9.17, 15) is 14.4 Å². The maximum Gasteiger partial charge on any atom is 0.355 e. The first-order valence-electron chi connectivity index (χ1n) is 8.89. The van der Waals surface area contributed by atoms with Crippen molar-refractivity contribution in [3.8, 4) is 0 Å². The molecule has 1 amide bonds. The molecule has 0 spiro atoms. The van der Waals surface area contributed by atoms with Gasteiger partial charge in [-0.3, -0.25) is 9.59 Å². The number of ketones is 1. The van der Waals surface area contributed by atoms with Crippen molar-refractivity contribution in [3.05, 3.63) is 57.9 Å². The highest BCUT2D eigenvalue weighted by atomic mass is 32.1. The van der Waals surface area contributed by atoms with Gasteiger partial charge in [-0.1, -0.05) is 39.0 Å². The van der Waals surface area contributed by atoms with Gasteiger partial charge in [0.25, 0.3) is 0 Å². The zero-order chi connectivity index (χ0) is 20.3. The van der Waals surface area contributed by atoms with Crippen LogP contribution in [0.3, 0.4) is 0 Å². The maximum atomic E-state index is 12.3. The van der Waals surface area contributed by atoms with Gasteiger partial charge in [0.2, 0.25) is 11.7 Å². The van der Waals surface area contributed by atoms with Gasteiger partial charge in [-0.2, -0.15) is 0 Å². The third-order valence-corrected chi connectivity index (χ3v) is 5.25. The number of aromatic amines is 1. The van der Waals surface area contributed by atoms with Crippen LogP contribution in [0, 0.1) is 5.41 Å². The fourth-order valence-corrected chi connectivity index (χ4v) is 3.39. The number of ether oxygens (including phenoxy) is 1. The van der Waals surface area contributed by atoms with Crippen LogP contribution in [-0.2, 0) is 16.1 Å². The number of rotatable bonds is 6. The molecule has 0 saturated heterocycles. The lowest BCUT2D eigenvalue weighted by Gasteiger charge is -2.17. The zero-order valence-electron chi connectivity index (χ0n) is 16.0. The van der Waals surface area contributed by atoms with Gasteiger partial charge in [-0.05, 0) is 24.3 Å². The van der Waals surface area contributed by atoms with Crippen LogP contribution < -0.4 is 5.32 Å². The van der Waals surface area contributed by atoms with Crippen molar-refractivity contribution >= 4 is 39.9 Å². The first-order chi connectivity index (χ1) is 13.2. The highest BCUT2D eigenvalue weighted by molar-refractivity contribution is 7.14. The number of nitrogens with one attached hydrogen (secondary N) is 2. The zero-order valence-corrected chi connectivity index (χ0v) is 16.8. The Balaban J connectivity index is 1.54. The molecule has 28 heavy (non-hydrogen) atoms. The van der Waals surface area contributed by atoms with E-state index in [1.807, 2.05) is 45.0 Å². The summed E-state index contributed by atoms with van der Waals surface area (Å²) in [5, 5.41) is 3.75. The summed E-state index contributed by atoms with van der Waals surface area (Å²) in [7, 11) is 0. The molecule has 0 atom stereocenters. The van der Waals surface area contributed by atoms with Crippen LogP contribution in [0.25, 0.3) is 10.9 Å². The summed E-state index contributed by atoms with van der Waals surface area (Å²) >= 11 is 1.28. The number of amides is 1. The molecule has 0 aliphatic heterocycles. The lowest BCUT2D eigenvalue weighted by Crippen LogP contribution is -2.34. The number of carbonyl (C=O) groups excluding carboxylic acids is 3. The van der Waals surface area contributed by atoms with Crippen molar-refractivity contribution in [1.29, 1.82) is 0 Å². The van der Waals surface area contributed by atoms with Crippen LogP contribution >= 0.6 is 11.3 Å². The molecule has 6 nitrogen and oxygen atoms in total. The van der Waals surface area contributed by atoms with Gasteiger partial charge in [-0.25, -0.2) is 4.79 Å². The largest absolute Gasteiger partial charge is 0.453 e. The fraction of sp³-hybridized carbons (Fsp3) is 0.286. The molecule has 2 heterocycles. The summed E-state index contributed by atoms with van der Waals surface area (Å²) in [5.41, 5.74) is 0.680. The van der Waals surface area contributed by atoms with Crippen molar-refractivity contribution in [2.45, 2.75) is 27.3 Å². The van der Waals surface area contributed by atoms with Crippen molar-refractivity contribution in [2.24, 2.45) is 5.41 Å². The number of benzene rings is 1. The summed E-state index contributed by atoms with van der Waals surface area (Å²) in [6.07, 6.45) is 0. The van der Waals surface area contributed by atoms with Gasteiger partial charge < -0.3 is 15.0 Å². The molecule has 3 aromatic rings. The van der Waals surface area contributed by atoms with Gasteiger partial charge in [0.1, 0.15) is 5.69 Å². The monoisotopic (exact) mass is 398 g/mol. The van der Waals surface area contributed by atoms with Crippen LogP contribution in [0.4, 0.5) is 0 Å². The minimum Gasteiger partial charge on any atom is -0.453 e. The number of aromatic nitrogens is 1. The Labute approximate surface area is 166 Å². The normalized spacial score (nSPS) is 11.4. The second-order valence-corrected chi connectivity index (χ2v) is 8.64. The molecule has 0 radical (unpaired) electrons. The van der Waals surface area contributed by atoms with Gasteiger partial charge in [-0.15, -0.1) is 11.3 Å². The second-order valence-electron chi connectivity index (χ2n) is 7.47. The molecule has 2 aromatic heterocycles. The first kappa shape index (κ1) is 19.8. The molecule has 3 rings (SSSR count). The molecule has 0 aliphatic carbocycles. The number of Topliss-reactive ketones (excluding diaryl/α,β-unsaturated/α-hetero) is 1. The molecule has 1 aromatic carbocycles. The fourth-order valence-electron chi connectivity index (χ4n) is 2.52. The summed E-state index contributed by atoms with van der Waals surface area (Å²) in [6, 6.07) is 12.7. The van der Waals surface area contributed by atoms with E-state index in [2.05, 4.69) is 10.3 Å². The lowest BCUT2D eigenvalue weighted by molar-refractivity contribution is -0.128. The predicted octanol–water partition coefficient (Wildman–Crippen LogP) is 3.93. The molecular formula is C21H22N2O4S. The summed E-state index contributed by atoms with van der Waals surface area (Å²) in [4.78, 5) is 40.7. The Morgan fingerprint density at radius 1 is 1.11 bits per heavy atom. The highest BCUT2D eigenvalue weighted by Crippen LogP contribution is 2.19. The lowest BCUT2D eigenvalue weighted by atomic mass is 9.96. The van der Waals surface area contributed by atoms with Crippen molar-refractivity contribution in [2.75, 3.05) is 6.61 Å². The second kappa shape index (κ2) is 7.98. The average molecular weight is 398 g/mol. The molecule has 0 saturated carbocycles. The topological polar surface area (TPSA) is 88.3 Å². The summed E-state index contributed by atoms with van der Waals surface area (Å²) in [5.74, 6) is -0.900. The Bertz CT molecular complexity index is 993. The number of fused-ring (bicyclic) bond motifs is 1. The smallest absolute Gasteiger partial charge is 0.355 e. The van der Waals surface area contributed by atoms with Crippen LogP contribution in [0.2, 0.25) is 0 Å². The standard InChI is InChI=1S/C21H22N2O4S/c1-21(2,3)20(26)22-11-14-8-9-18(28-14)17(24)12-27-19(25)16-10-13-6-4-5-7-15(13)23-16/h4-10,23H,11-12H2,1-3H3,(H,22,26). The van der Waals surface area contributed by atoms with Gasteiger partial charge in [0.15, 0.2) is 6.61 Å². The van der Waals surface area contributed by atoms with E-state index in [4.69, 9.17) is 4.74 Å². The van der Waals surface area contributed by atoms with E-state index in [1.165, 1.54) is 11.3 Å². The number of para-hydroxylation sites is 1. The number of hydrogen-bond acceptors (Lipinski definition) is 5. The quantitative estimate of drug-likeness (QED) is 0.486. The number of esters is 1. The van der Waals surface area contributed by atoms with Crippen molar-refractivity contribution in [3.63, 3.8) is 0 Å². The maximum absolute atomic E-state index is 12.3. The molecule has 0 unspecified atom stereocenters. The Morgan fingerprint density at radius 3 is 2.57 bits per heavy atom. The Morgan fingerprint density at radius 2 is 1.86 bits per heavy atom. The van der Waals surface area contributed by atoms with E-state index in [0.717, 1.165) is 15.8 Å². The number of hydrogen-bond donors (Lipinski definition) is 2. The molecule has 7 heteroatoms. The molecule has 0 bridgehead atoms. The Kier molecular flexibility index (Phi) is 5.65. The first-order valence-corrected chi connectivity index (χ1v) is 9.71. The predicted molar refractivity (Wildman–Crippen MR) is 109 cm³/mol. The molecule has 146 valence electrons. The summed E-state index contributed by atoms with van der Waals surface area (Å²) < 4.78 is 5.14. The number of H-pyrrole nitrogens is 1. The van der Waals surface area contributed by atoms with Crippen LogP contribution in [0.1, 0.15) is 45.8 Å². The van der Waals surface area contributed by atoms with Gasteiger partial charge in [0.05, 0.1) is 11.4 Å². The Hall–Kier alpha value is -2.93. The average Bonchev–Trinajstić information content (AvgIpc) is 3.29. The SMILES string of the molecule is CC(C)(C)C(=O)NCc1ccc(C(=O)COC(=O)c2cc3ccccc3[nH]2)s1. The van der Waals surface area contributed by atoms with Crippen LogP contribution in [0.15, 0.2) is 42.5 Å². The third-order valence-electron chi connectivity index (χ3n) is 4.13. The molecule has 2 N–H and O–H groups in total. The van der Waals surface area contributed by atoms with E-state index < -0.39 is 11.4 Å². The number of carbonyl (C=O) groups is 3. The molecule has 0 fully saturated rings. The van der Waals surface area contributed by atoms with Gasteiger partial charge >= 0.3 is 5.97 Å². The minimum atomic E-state index is -0.571. The van der Waals surface area contributed by atoms with E-state index >= 15 is 0 Å². The minimum absolute atomic E-state index is 0.0546. The van der Waals surface area contributed by atoms with Gasteiger partial charge in [0, 0.05) is 21.2 Å². The number of thiophene rings is 1.